The number of hydrogen-bond acceptors (Lipinski definition) is 4. The van der Waals surface area contributed by atoms with Crippen LogP contribution in [0.4, 0.5) is 0 Å². The van der Waals surface area contributed by atoms with Gasteiger partial charge in [-0.2, -0.15) is 0 Å². The molecule has 1 aromatic rings. The molecule has 2 amide bonds. The minimum Gasteiger partial charge on any atom is -0.379 e. The molecule has 6 nitrogen and oxygen atoms in total. The quantitative estimate of drug-likeness (QED) is 0.809. The van der Waals surface area contributed by atoms with E-state index in [0.29, 0.717) is 13.2 Å². The van der Waals surface area contributed by atoms with Gasteiger partial charge in [-0.3, -0.25) is 14.5 Å². The largest absolute Gasteiger partial charge is 0.379 e. The van der Waals surface area contributed by atoms with E-state index < -0.39 is 11.5 Å². The SMILES string of the molecule is CC(NC(=O)C(C)(C)C)C(=O)NC(CN1CCOCC1)c1ccccc1. The summed E-state index contributed by atoms with van der Waals surface area (Å²) >= 11 is 0. The second-order valence-electron chi connectivity index (χ2n) is 7.83. The number of nitrogens with zero attached hydrogens (tertiary/aromatic N) is 1. The number of ether oxygens (including phenoxy) is 1. The number of hydrogen-bond donors (Lipinski definition) is 2. The van der Waals surface area contributed by atoms with Crippen molar-refractivity contribution in [2.75, 3.05) is 32.8 Å². The Hall–Kier alpha value is -1.92. The Morgan fingerprint density at radius 1 is 1.12 bits per heavy atom. The highest BCUT2D eigenvalue weighted by atomic mass is 16.5. The minimum absolute atomic E-state index is 0.129. The van der Waals surface area contributed by atoms with Gasteiger partial charge in [0.25, 0.3) is 0 Å². The van der Waals surface area contributed by atoms with Gasteiger partial charge >= 0.3 is 0 Å². The summed E-state index contributed by atoms with van der Waals surface area (Å²) in [7, 11) is 0. The fraction of sp³-hybridized carbons (Fsp3) is 0.600. The number of carbonyl (C=O) groups excluding carboxylic acids is 2. The summed E-state index contributed by atoms with van der Waals surface area (Å²) in [6.07, 6.45) is 0. The molecular formula is C20H31N3O3. The lowest BCUT2D eigenvalue weighted by atomic mass is 9.95. The predicted octanol–water partition coefficient (Wildman–Crippen LogP) is 1.73. The maximum Gasteiger partial charge on any atom is 0.242 e. The molecule has 1 aliphatic heterocycles. The molecule has 2 rings (SSSR count). The summed E-state index contributed by atoms with van der Waals surface area (Å²) in [6, 6.07) is 9.22. The summed E-state index contributed by atoms with van der Waals surface area (Å²) in [5.74, 6) is -0.311. The monoisotopic (exact) mass is 361 g/mol. The second-order valence-corrected chi connectivity index (χ2v) is 7.83. The first-order valence-corrected chi connectivity index (χ1v) is 9.24. The second kappa shape index (κ2) is 9.14. The molecule has 1 saturated heterocycles. The fourth-order valence-corrected chi connectivity index (χ4v) is 2.74. The molecule has 6 heteroatoms. The highest BCUT2D eigenvalue weighted by Gasteiger charge is 2.27. The van der Waals surface area contributed by atoms with Crippen LogP contribution in [0.15, 0.2) is 30.3 Å². The Morgan fingerprint density at radius 2 is 1.73 bits per heavy atom. The minimum atomic E-state index is -0.586. The van der Waals surface area contributed by atoms with Gasteiger partial charge < -0.3 is 15.4 Å². The average molecular weight is 361 g/mol. The van der Waals surface area contributed by atoms with E-state index in [0.717, 1.165) is 25.2 Å². The van der Waals surface area contributed by atoms with Crippen LogP contribution in [0.5, 0.6) is 0 Å². The average Bonchev–Trinajstić information content (AvgIpc) is 2.61. The molecule has 2 N–H and O–H groups in total. The van der Waals surface area contributed by atoms with Crippen LogP contribution in [0.3, 0.4) is 0 Å². The molecule has 0 aliphatic carbocycles. The number of amides is 2. The molecule has 0 radical (unpaired) electrons. The van der Waals surface area contributed by atoms with Crippen LogP contribution in [0.2, 0.25) is 0 Å². The van der Waals surface area contributed by atoms with Gasteiger partial charge in [0, 0.05) is 25.0 Å². The Morgan fingerprint density at radius 3 is 2.31 bits per heavy atom. The summed E-state index contributed by atoms with van der Waals surface area (Å²) in [5.41, 5.74) is 0.531. The molecule has 2 unspecified atom stereocenters. The van der Waals surface area contributed by atoms with E-state index in [-0.39, 0.29) is 17.9 Å². The number of carbonyl (C=O) groups is 2. The third-order valence-electron chi connectivity index (χ3n) is 4.48. The van der Waals surface area contributed by atoms with Gasteiger partial charge in [-0.15, -0.1) is 0 Å². The van der Waals surface area contributed by atoms with Crippen LogP contribution in [-0.4, -0.2) is 55.6 Å². The summed E-state index contributed by atoms with van der Waals surface area (Å²) in [4.78, 5) is 27.1. The van der Waals surface area contributed by atoms with Crippen molar-refractivity contribution in [2.24, 2.45) is 5.41 Å². The van der Waals surface area contributed by atoms with Crippen molar-refractivity contribution in [3.05, 3.63) is 35.9 Å². The van der Waals surface area contributed by atoms with Crippen LogP contribution in [0.25, 0.3) is 0 Å². The van der Waals surface area contributed by atoms with E-state index in [4.69, 9.17) is 4.74 Å². The normalized spacial score (nSPS) is 18.0. The zero-order valence-electron chi connectivity index (χ0n) is 16.2. The van der Waals surface area contributed by atoms with E-state index in [1.54, 1.807) is 6.92 Å². The van der Waals surface area contributed by atoms with Crippen molar-refractivity contribution >= 4 is 11.8 Å². The highest BCUT2D eigenvalue weighted by Crippen LogP contribution is 2.16. The molecule has 1 aliphatic rings. The first kappa shape index (κ1) is 20.4. The van der Waals surface area contributed by atoms with E-state index in [2.05, 4.69) is 15.5 Å². The molecule has 0 aromatic heterocycles. The number of morpholine rings is 1. The van der Waals surface area contributed by atoms with Gasteiger partial charge in [0.2, 0.25) is 11.8 Å². The first-order chi connectivity index (χ1) is 12.3. The molecule has 0 bridgehead atoms. The lowest BCUT2D eigenvalue weighted by Gasteiger charge is -2.32. The van der Waals surface area contributed by atoms with Gasteiger partial charge in [-0.05, 0) is 12.5 Å². The Balaban J connectivity index is 2.03. The number of nitrogens with one attached hydrogen (secondary N) is 2. The summed E-state index contributed by atoms with van der Waals surface area (Å²) in [5, 5.41) is 5.90. The van der Waals surface area contributed by atoms with Gasteiger partial charge in [0.05, 0.1) is 19.3 Å². The van der Waals surface area contributed by atoms with Crippen LogP contribution >= 0.6 is 0 Å². The van der Waals surface area contributed by atoms with Crippen molar-refractivity contribution in [1.29, 1.82) is 0 Å². The van der Waals surface area contributed by atoms with Gasteiger partial charge in [-0.25, -0.2) is 0 Å². The molecule has 1 fully saturated rings. The van der Waals surface area contributed by atoms with Crippen molar-refractivity contribution in [3.63, 3.8) is 0 Å². The van der Waals surface area contributed by atoms with Gasteiger partial charge in [0.1, 0.15) is 6.04 Å². The van der Waals surface area contributed by atoms with Crippen LogP contribution in [-0.2, 0) is 14.3 Å². The first-order valence-electron chi connectivity index (χ1n) is 9.24. The standard InChI is InChI=1S/C20H31N3O3/c1-15(21-19(25)20(2,3)4)18(24)22-17(16-8-6-5-7-9-16)14-23-10-12-26-13-11-23/h5-9,15,17H,10-14H2,1-4H3,(H,21,25)(H,22,24). The van der Waals surface area contributed by atoms with E-state index in [1.165, 1.54) is 0 Å². The maximum absolute atomic E-state index is 12.7. The van der Waals surface area contributed by atoms with E-state index in [9.17, 15) is 9.59 Å². The number of rotatable bonds is 6. The van der Waals surface area contributed by atoms with Gasteiger partial charge in [-0.1, -0.05) is 51.1 Å². The molecule has 26 heavy (non-hydrogen) atoms. The van der Waals surface area contributed by atoms with E-state index in [1.807, 2.05) is 51.1 Å². The maximum atomic E-state index is 12.7. The van der Waals surface area contributed by atoms with Crippen LogP contribution in [0.1, 0.15) is 39.3 Å². The Kier molecular flexibility index (Phi) is 7.17. The lowest BCUT2D eigenvalue weighted by Crippen LogP contribution is -2.50. The zero-order chi connectivity index (χ0) is 19.2. The molecule has 1 aromatic carbocycles. The number of benzene rings is 1. The summed E-state index contributed by atoms with van der Waals surface area (Å²) < 4.78 is 5.41. The third kappa shape index (κ3) is 6.11. The molecule has 0 spiro atoms. The fourth-order valence-electron chi connectivity index (χ4n) is 2.74. The predicted molar refractivity (Wildman–Crippen MR) is 102 cm³/mol. The highest BCUT2D eigenvalue weighted by molar-refractivity contribution is 5.89. The molecule has 2 atom stereocenters. The third-order valence-corrected chi connectivity index (χ3v) is 4.48. The van der Waals surface area contributed by atoms with Gasteiger partial charge in [0.15, 0.2) is 0 Å². The molecule has 1 heterocycles. The molecule has 144 valence electrons. The molecule has 0 saturated carbocycles. The van der Waals surface area contributed by atoms with Crippen molar-refractivity contribution in [1.82, 2.24) is 15.5 Å². The Bertz CT molecular complexity index is 592. The molecular weight excluding hydrogens is 330 g/mol. The zero-order valence-corrected chi connectivity index (χ0v) is 16.2. The van der Waals surface area contributed by atoms with Crippen LogP contribution < -0.4 is 10.6 Å². The van der Waals surface area contributed by atoms with Crippen molar-refractivity contribution in [2.45, 2.75) is 39.8 Å². The summed E-state index contributed by atoms with van der Waals surface area (Å²) in [6.45, 7) is 11.1. The smallest absolute Gasteiger partial charge is 0.242 e. The van der Waals surface area contributed by atoms with E-state index >= 15 is 0 Å². The Labute approximate surface area is 156 Å². The topological polar surface area (TPSA) is 70.7 Å². The lowest BCUT2D eigenvalue weighted by molar-refractivity contribution is -0.133. The van der Waals surface area contributed by atoms with Crippen molar-refractivity contribution in [3.8, 4) is 0 Å². The van der Waals surface area contributed by atoms with Crippen molar-refractivity contribution < 1.29 is 14.3 Å². The van der Waals surface area contributed by atoms with Crippen LogP contribution in [0, 0.1) is 5.41 Å².